The zero-order valence-corrected chi connectivity index (χ0v) is 11.8. The third-order valence-corrected chi connectivity index (χ3v) is 2.95. The molecule has 108 valence electrons. The minimum Gasteiger partial charge on any atom is -0.494 e. The van der Waals surface area contributed by atoms with Crippen molar-refractivity contribution in [3.8, 4) is 17.9 Å². The maximum atomic E-state index is 12.1. The van der Waals surface area contributed by atoms with Crippen LogP contribution in [0.5, 0.6) is 5.75 Å². The van der Waals surface area contributed by atoms with Crippen molar-refractivity contribution in [2.75, 3.05) is 7.11 Å². The number of ether oxygens (including phenoxy) is 1. The fraction of sp³-hybridized carbons (Fsp3) is 0.125. The first-order chi connectivity index (χ1) is 10.7. The number of benzene rings is 1. The van der Waals surface area contributed by atoms with E-state index in [1.807, 2.05) is 12.1 Å². The monoisotopic (exact) mass is 292 g/mol. The van der Waals surface area contributed by atoms with E-state index in [-0.39, 0.29) is 11.4 Å². The SMILES string of the molecule is COc1cc(C#N)cnc1C(=O)NCc1ccc(C#N)cc1. The Kier molecular flexibility index (Phi) is 4.69. The van der Waals surface area contributed by atoms with Gasteiger partial charge in [0.15, 0.2) is 11.4 Å². The fourth-order valence-electron chi connectivity index (χ4n) is 1.80. The molecule has 0 spiro atoms. The number of carbonyl (C=O) groups excluding carboxylic acids is 1. The van der Waals surface area contributed by atoms with Gasteiger partial charge in [0.25, 0.3) is 5.91 Å². The summed E-state index contributed by atoms with van der Waals surface area (Å²) in [6, 6.07) is 12.3. The van der Waals surface area contributed by atoms with Crippen molar-refractivity contribution in [1.82, 2.24) is 10.3 Å². The Morgan fingerprint density at radius 2 is 1.91 bits per heavy atom. The van der Waals surface area contributed by atoms with Crippen LogP contribution in [0.25, 0.3) is 0 Å². The molecule has 2 rings (SSSR count). The van der Waals surface area contributed by atoms with Crippen LogP contribution in [-0.4, -0.2) is 18.0 Å². The number of hydrogen-bond acceptors (Lipinski definition) is 5. The summed E-state index contributed by atoms with van der Waals surface area (Å²) >= 11 is 0. The van der Waals surface area contributed by atoms with E-state index < -0.39 is 5.91 Å². The van der Waals surface area contributed by atoms with Gasteiger partial charge in [-0.2, -0.15) is 10.5 Å². The minimum absolute atomic E-state index is 0.121. The van der Waals surface area contributed by atoms with E-state index >= 15 is 0 Å². The normalized spacial score (nSPS) is 9.41. The number of pyridine rings is 1. The Morgan fingerprint density at radius 3 is 2.50 bits per heavy atom. The second kappa shape index (κ2) is 6.87. The van der Waals surface area contributed by atoms with Gasteiger partial charge in [0.05, 0.1) is 24.3 Å². The Morgan fingerprint density at radius 1 is 1.23 bits per heavy atom. The molecule has 1 N–H and O–H groups in total. The van der Waals surface area contributed by atoms with Crippen molar-refractivity contribution in [2.24, 2.45) is 0 Å². The molecule has 0 aliphatic rings. The van der Waals surface area contributed by atoms with E-state index in [1.54, 1.807) is 24.3 Å². The molecule has 6 nitrogen and oxygen atoms in total. The van der Waals surface area contributed by atoms with Crippen molar-refractivity contribution in [3.63, 3.8) is 0 Å². The highest BCUT2D eigenvalue weighted by molar-refractivity contribution is 5.95. The quantitative estimate of drug-likeness (QED) is 0.925. The third-order valence-electron chi connectivity index (χ3n) is 2.95. The average Bonchev–Trinajstić information content (AvgIpc) is 2.59. The third kappa shape index (κ3) is 3.38. The lowest BCUT2D eigenvalue weighted by atomic mass is 10.1. The van der Waals surface area contributed by atoms with Crippen molar-refractivity contribution in [1.29, 1.82) is 10.5 Å². The molecule has 1 heterocycles. The molecule has 1 amide bonds. The molecule has 0 aliphatic heterocycles. The van der Waals surface area contributed by atoms with Crippen LogP contribution in [0.15, 0.2) is 36.5 Å². The van der Waals surface area contributed by atoms with Crippen molar-refractivity contribution in [3.05, 3.63) is 58.9 Å². The Balaban J connectivity index is 2.09. The zero-order valence-electron chi connectivity index (χ0n) is 11.8. The van der Waals surface area contributed by atoms with Crippen LogP contribution in [0, 0.1) is 22.7 Å². The first kappa shape index (κ1) is 15.0. The second-order valence-electron chi connectivity index (χ2n) is 4.38. The average molecular weight is 292 g/mol. The molecule has 1 aromatic heterocycles. The van der Waals surface area contributed by atoms with Gasteiger partial charge in [-0.1, -0.05) is 12.1 Å². The predicted octanol–water partition coefficient (Wildman–Crippen LogP) is 1.76. The highest BCUT2D eigenvalue weighted by atomic mass is 16.5. The molecule has 0 saturated heterocycles. The molecule has 0 fully saturated rings. The Hall–Kier alpha value is -3.38. The molecular weight excluding hydrogens is 280 g/mol. The summed E-state index contributed by atoms with van der Waals surface area (Å²) in [6.45, 7) is 0.301. The van der Waals surface area contributed by atoms with Gasteiger partial charge in [0.2, 0.25) is 0 Å². The molecule has 0 radical (unpaired) electrons. The number of aromatic nitrogens is 1. The summed E-state index contributed by atoms with van der Waals surface area (Å²) in [4.78, 5) is 16.1. The van der Waals surface area contributed by atoms with Crippen LogP contribution in [0.1, 0.15) is 27.2 Å². The van der Waals surface area contributed by atoms with Gasteiger partial charge in [0.1, 0.15) is 6.07 Å². The Labute approximate surface area is 127 Å². The van der Waals surface area contributed by atoms with E-state index in [9.17, 15) is 4.79 Å². The summed E-state index contributed by atoms with van der Waals surface area (Å²) in [5.74, 6) is -0.151. The number of hydrogen-bond donors (Lipinski definition) is 1. The molecule has 2 aromatic rings. The minimum atomic E-state index is -0.398. The van der Waals surface area contributed by atoms with Crippen LogP contribution in [-0.2, 0) is 6.54 Å². The number of methoxy groups -OCH3 is 1. The topological polar surface area (TPSA) is 98.8 Å². The molecule has 22 heavy (non-hydrogen) atoms. The first-order valence-electron chi connectivity index (χ1n) is 6.39. The lowest BCUT2D eigenvalue weighted by Gasteiger charge is -2.08. The number of nitrogens with zero attached hydrogens (tertiary/aromatic N) is 3. The number of nitriles is 2. The summed E-state index contributed by atoms with van der Waals surface area (Å²) in [5.41, 5.74) is 1.86. The lowest BCUT2D eigenvalue weighted by Crippen LogP contribution is -2.24. The maximum absolute atomic E-state index is 12.1. The van der Waals surface area contributed by atoms with Crippen molar-refractivity contribution in [2.45, 2.75) is 6.54 Å². The molecule has 1 aromatic carbocycles. The van der Waals surface area contributed by atoms with E-state index in [0.29, 0.717) is 17.7 Å². The maximum Gasteiger partial charge on any atom is 0.274 e. The van der Waals surface area contributed by atoms with E-state index in [4.69, 9.17) is 15.3 Å². The van der Waals surface area contributed by atoms with E-state index in [0.717, 1.165) is 5.56 Å². The number of amides is 1. The Bertz CT molecular complexity index is 770. The highest BCUT2D eigenvalue weighted by Crippen LogP contribution is 2.17. The summed E-state index contributed by atoms with van der Waals surface area (Å²) < 4.78 is 5.08. The van der Waals surface area contributed by atoms with Gasteiger partial charge in [-0.05, 0) is 17.7 Å². The first-order valence-corrected chi connectivity index (χ1v) is 6.39. The highest BCUT2D eigenvalue weighted by Gasteiger charge is 2.14. The largest absolute Gasteiger partial charge is 0.494 e. The zero-order chi connectivity index (χ0) is 15.9. The second-order valence-corrected chi connectivity index (χ2v) is 4.38. The molecule has 0 atom stereocenters. The van der Waals surface area contributed by atoms with Crippen molar-refractivity contribution < 1.29 is 9.53 Å². The van der Waals surface area contributed by atoms with E-state index in [2.05, 4.69) is 10.3 Å². The van der Waals surface area contributed by atoms with Crippen LogP contribution < -0.4 is 10.1 Å². The number of carbonyl (C=O) groups is 1. The van der Waals surface area contributed by atoms with Gasteiger partial charge in [-0.3, -0.25) is 4.79 Å². The van der Waals surface area contributed by atoms with Crippen LogP contribution in [0.2, 0.25) is 0 Å². The number of nitrogens with one attached hydrogen (secondary N) is 1. The summed E-state index contributed by atoms with van der Waals surface area (Å²) in [5, 5.41) is 20.3. The fourth-order valence-corrected chi connectivity index (χ4v) is 1.80. The molecule has 0 aliphatic carbocycles. The van der Waals surface area contributed by atoms with Crippen LogP contribution in [0.3, 0.4) is 0 Å². The molecule has 6 heteroatoms. The molecule has 0 saturated carbocycles. The van der Waals surface area contributed by atoms with Gasteiger partial charge in [-0.15, -0.1) is 0 Å². The van der Waals surface area contributed by atoms with Gasteiger partial charge in [0, 0.05) is 18.8 Å². The molecular formula is C16H12N4O2. The lowest BCUT2D eigenvalue weighted by molar-refractivity contribution is 0.0942. The van der Waals surface area contributed by atoms with Gasteiger partial charge >= 0.3 is 0 Å². The van der Waals surface area contributed by atoms with Gasteiger partial charge in [-0.25, -0.2) is 4.98 Å². The summed E-state index contributed by atoms with van der Waals surface area (Å²) in [6.07, 6.45) is 1.32. The smallest absolute Gasteiger partial charge is 0.274 e. The van der Waals surface area contributed by atoms with Crippen molar-refractivity contribution >= 4 is 5.91 Å². The standard InChI is InChI=1S/C16H12N4O2/c1-22-14-6-13(8-18)10-19-15(14)16(21)20-9-12-4-2-11(7-17)3-5-12/h2-6,10H,9H2,1H3,(H,20,21). The van der Waals surface area contributed by atoms with Crippen LogP contribution in [0.4, 0.5) is 0 Å². The van der Waals surface area contributed by atoms with Gasteiger partial charge < -0.3 is 10.1 Å². The van der Waals surface area contributed by atoms with E-state index in [1.165, 1.54) is 19.4 Å². The predicted molar refractivity (Wildman–Crippen MR) is 77.8 cm³/mol. The number of rotatable bonds is 4. The van der Waals surface area contributed by atoms with Crippen LogP contribution >= 0.6 is 0 Å². The molecule has 0 bridgehead atoms. The molecule has 0 unspecified atom stereocenters. The summed E-state index contributed by atoms with van der Waals surface area (Å²) in [7, 11) is 1.41.